The van der Waals surface area contributed by atoms with Crippen molar-refractivity contribution in [2.75, 3.05) is 13.2 Å². The number of halogens is 2. The van der Waals surface area contributed by atoms with Gasteiger partial charge in [-0.2, -0.15) is 0 Å². The summed E-state index contributed by atoms with van der Waals surface area (Å²) in [5.74, 6) is -0.263. The Hall–Kier alpha value is -2.37. The Morgan fingerprint density at radius 1 is 1.22 bits per heavy atom. The van der Waals surface area contributed by atoms with Gasteiger partial charge in [-0.05, 0) is 47.2 Å². The van der Waals surface area contributed by atoms with Gasteiger partial charge in [0.2, 0.25) is 0 Å². The molecule has 1 aromatic heterocycles. The van der Waals surface area contributed by atoms with Crippen LogP contribution < -0.4 is 4.74 Å². The Labute approximate surface area is 166 Å². The molecule has 0 spiro atoms. The molecule has 6 heteroatoms. The highest BCUT2D eigenvalue weighted by atomic mass is 35.5. The first-order chi connectivity index (χ1) is 13.1. The molecule has 0 bridgehead atoms. The summed E-state index contributed by atoms with van der Waals surface area (Å²) in [6.45, 7) is 0.487. The van der Waals surface area contributed by atoms with Crippen LogP contribution in [0.25, 0.3) is 0 Å². The second kappa shape index (κ2) is 7.71. The van der Waals surface area contributed by atoms with E-state index in [1.54, 1.807) is 11.3 Å². The first-order valence-corrected chi connectivity index (χ1v) is 9.88. The van der Waals surface area contributed by atoms with Gasteiger partial charge in [-0.1, -0.05) is 41.9 Å². The van der Waals surface area contributed by atoms with E-state index in [0.29, 0.717) is 12.3 Å². The molecule has 3 nitrogen and oxygen atoms in total. The lowest BCUT2D eigenvalue weighted by atomic mass is 9.93. The van der Waals surface area contributed by atoms with Crippen LogP contribution in [0.5, 0.6) is 5.75 Å². The molecule has 1 aliphatic rings. The number of thiophene rings is 1. The third-order valence-corrected chi connectivity index (χ3v) is 5.94. The summed E-state index contributed by atoms with van der Waals surface area (Å²) in [5, 5.41) is 2.23. The van der Waals surface area contributed by atoms with Crippen molar-refractivity contribution in [3.8, 4) is 5.75 Å². The Bertz CT molecular complexity index is 960. The SMILES string of the molecule is O=C(COc1ccc(F)cc1Cl)N1CCc2sccc2[C@@H]1c1ccccc1. The quantitative estimate of drug-likeness (QED) is 0.609. The van der Waals surface area contributed by atoms with Crippen molar-refractivity contribution in [3.05, 3.63) is 86.8 Å². The summed E-state index contributed by atoms with van der Waals surface area (Å²) >= 11 is 7.72. The molecule has 1 aliphatic heterocycles. The van der Waals surface area contributed by atoms with Gasteiger partial charge in [0, 0.05) is 11.4 Å². The van der Waals surface area contributed by atoms with Crippen LogP contribution in [-0.2, 0) is 11.2 Å². The first-order valence-electron chi connectivity index (χ1n) is 8.62. The maximum absolute atomic E-state index is 13.2. The number of amides is 1. The van der Waals surface area contributed by atoms with Crippen molar-refractivity contribution in [2.45, 2.75) is 12.5 Å². The fourth-order valence-corrected chi connectivity index (χ4v) is 4.52. The molecular weight excluding hydrogens is 385 g/mol. The van der Waals surface area contributed by atoms with Crippen LogP contribution >= 0.6 is 22.9 Å². The minimum Gasteiger partial charge on any atom is -0.482 e. The molecule has 2 aromatic carbocycles. The molecule has 27 heavy (non-hydrogen) atoms. The fraction of sp³-hybridized carbons (Fsp3) is 0.190. The number of hydrogen-bond acceptors (Lipinski definition) is 3. The van der Waals surface area contributed by atoms with Crippen molar-refractivity contribution in [3.63, 3.8) is 0 Å². The summed E-state index contributed by atoms with van der Waals surface area (Å²) in [7, 11) is 0. The molecule has 0 radical (unpaired) electrons. The van der Waals surface area contributed by atoms with Crippen molar-refractivity contribution >= 4 is 28.8 Å². The largest absolute Gasteiger partial charge is 0.482 e. The zero-order valence-electron chi connectivity index (χ0n) is 14.4. The minimum atomic E-state index is -0.441. The van der Waals surface area contributed by atoms with Crippen LogP contribution in [0.2, 0.25) is 5.02 Å². The zero-order valence-corrected chi connectivity index (χ0v) is 16.0. The second-order valence-corrected chi connectivity index (χ2v) is 7.72. The van der Waals surface area contributed by atoms with E-state index in [0.717, 1.165) is 12.0 Å². The first kappa shape index (κ1) is 18.0. The molecule has 2 heterocycles. The van der Waals surface area contributed by atoms with Crippen molar-refractivity contribution < 1.29 is 13.9 Å². The maximum atomic E-state index is 13.2. The van der Waals surface area contributed by atoms with Gasteiger partial charge in [-0.25, -0.2) is 4.39 Å². The molecule has 138 valence electrons. The highest BCUT2D eigenvalue weighted by molar-refractivity contribution is 7.10. The van der Waals surface area contributed by atoms with Gasteiger partial charge in [0.25, 0.3) is 5.91 Å². The number of nitrogens with zero attached hydrogens (tertiary/aromatic N) is 1. The minimum absolute atomic E-state index is 0.124. The van der Waals surface area contributed by atoms with Gasteiger partial charge < -0.3 is 9.64 Å². The molecular formula is C21H17ClFNO2S. The van der Waals surface area contributed by atoms with E-state index in [2.05, 4.69) is 11.4 Å². The number of carbonyl (C=O) groups is 1. The highest BCUT2D eigenvalue weighted by Crippen LogP contribution is 2.37. The molecule has 0 N–H and O–H groups in total. The maximum Gasteiger partial charge on any atom is 0.261 e. The Kier molecular flexibility index (Phi) is 5.14. The van der Waals surface area contributed by atoms with E-state index in [9.17, 15) is 9.18 Å². The van der Waals surface area contributed by atoms with Crippen LogP contribution in [0.4, 0.5) is 4.39 Å². The fourth-order valence-electron chi connectivity index (χ4n) is 3.39. The van der Waals surface area contributed by atoms with E-state index >= 15 is 0 Å². The molecule has 4 rings (SSSR count). The lowest BCUT2D eigenvalue weighted by molar-refractivity contribution is -0.135. The topological polar surface area (TPSA) is 29.5 Å². The molecule has 0 saturated heterocycles. The van der Waals surface area contributed by atoms with Crippen molar-refractivity contribution in [1.82, 2.24) is 4.90 Å². The Morgan fingerprint density at radius 2 is 2.04 bits per heavy atom. The van der Waals surface area contributed by atoms with Crippen LogP contribution in [0.15, 0.2) is 60.0 Å². The van der Waals surface area contributed by atoms with Crippen LogP contribution in [0.3, 0.4) is 0 Å². The molecule has 0 unspecified atom stereocenters. The predicted molar refractivity (Wildman–Crippen MR) is 105 cm³/mol. The van der Waals surface area contributed by atoms with Crippen LogP contribution in [-0.4, -0.2) is 24.0 Å². The Balaban J connectivity index is 1.57. The lowest BCUT2D eigenvalue weighted by Crippen LogP contribution is -2.42. The number of rotatable bonds is 4. The zero-order chi connectivity index (χ0) is 18.8. The summed E-state index contributed by atoms with van der Waals surface area (Å²) in [6.07, 6.45) is 0.833. The van der Waals surface area contributed by atoms with E-state index in [-0.39, 0.29) is 23.6 Å². The molecule has 1 atom stereocenters. The normalized spacial score (nSPS) is 16.1. The highest BCUT2D eigenvalue weighted by Gasteiger charge is 2.32. The van der Waals surface area contributed by atoms with Gasteiger partial charge >= 0.3 is 0 Å². The third-order valence-electron chi connectivity index (χ3n) is 4.65. The van der Waals surface area contributed by atoms with Crippen molar-refractivity contribution in [2.24, 2.45) is 0 Å². The monoisotopic (exact) mass is 401 g/mol. The number of hydrogen-bond donors (Lipinski definition) is 0. The number of ether oxygens (including phenoxy) is 1. The van der Waals surface area contributed by atoms with Gasteiger partial charge in [-0.3, -0.25) is 4.79 Å². The van der Waals surface area contributed by atoms with Gasteiger partial charge in [0.15, 0.2) is 6.61 Å². The van der Waals surface area contributed by atoms with E-state index < -0.39 is 5.82 Å². The summed E-state index contributed by atoms with van der Waals surface area (Å²) in [5.41, 5.74) is 2.25. The number of benzene rings is 2. The molecule has 0 saturated carbocycles. The number of fused-ring (bicyclic) bond motifs is 1. The Morgan fingerprint density at radius 3 is 2.81 bits per heavy atom. The average Bonchev–Trinajstić information content (AvgIpc) is 3.15. The number of carbonyl (C=O) groups excluding carboxylic acids is 1. The van der Waals surface area contributed by atoms with Crippen molar-refractivity contribution in [1.29, 1.82) is 0 Å². The smallest absolute Gasteiger partial charge is 0.261 e. The predicted octanol–water partition coefficient (Wildman–Crippen LogP) is 5.09. The summed E-state index contributed by atoms with van der Waals surface area (Å²) in [6, 6.07) is 15.8. The van der Waals surface area contributed by atoms with E-state index in [4.69, 9.17) is 16.3 Å². The van der Waals surface area contributed by atoms with E-state index in [1.807, 2.05) is 35.2 Å². The lowest BCUT2D eigenvalue weighted by Gasteiger charge is -2.36. The van der Waals surface area contributed by atoms with Gasteiger partial charge in [0.1, 0.15) is 11.6 Å². The molecule has 0 aliphatic carbocycles. The van der Waals surface area contributed by atoms with Gasteiger partial charge in [0.05, 0.1) is 11.1 Å². The molecule has 1 amide bonds. The van der Waals surface area contributed by atoms with E-state index in [1.165, 1.54) is 28.6 Å². The van der Waals surface area contributed by atoms with Crippen LogP contribution in [0, 0.1) is 5.82 Å². The molecule has 3 aromatic rings. The standard InChI is InChI=1S/C21H17ClFNO2S/c22-17-12-15(23)6-7-18(17)26-13-20(25)24-10-8-19-16(9-11-27-19)21(24)14-4-2-1-3-5-14/h1-7,9,11-12,21H,8,10,13H2/t21-/m0/s1. The summed E-state index contributed by atoms with van der Waals surface area (Å²) in [4.78, 5) is 16.1. The third kappa shape index (κ3) is 3.70. The second-order valence-electron chi connectivity index (χ2n) is 6.31. The van der Waals surface area contributed by atoms with Gasteiger partial charge in [-0.15, -0.1) is 11.3 Å². The average molecular weight is 402 g/mol. The van der Waals surface area contributed by atoms with Crippen LogP contribution in [0.1, 0.15) is 22.0 Å². The summed E-state index contributed by atoms with van der Waals surface area (Å²) < 4.78 is 18.7. The molecule has 0 fully saturated rings.